The normalized spacial score (nSPS) is 26.2. The van der Waals surface area contributed by atoms with E-state index in [1.54, 1.807) is 6.08 Å². The first-order valence-electron chi connectivity index (χ1n) is 2.47. The van der Waals surface area contributed by atoms with E-state index in [2.05, 4.69) is 15.9 Å². The molecule has 48 valence electrons. The molecule has 0 aromatic rings. The quantitative estimate of drug-likeness (QED) is 0.610. The Bertz CT molecular complexity index is 193. The van der Waals surface area contributed by atoms with Crippen LogP contribution in [0.4, 0.5) is 0 Å². The minimum Gasteiger partial charge on any atom is -0.381 e. The highest BCUT2D eigenvalue weighted by atomic mass is 79.9. The minimum atomic E-state index is -0.939. The summed E-state index contributed by atoms with van der Waals surface area (Å²) in [6.45, 7) is 0. The molecule has 0 saturated carbocycles. The number of allylic oxidation sites excluding steroid dienone is 2. The average molecular weight is 189 g/mol. The molecular formula is C6H5BrO2. The summed E-state index contributed by atoms with van der Waals surface area (Å²) >= 11 is 3.10. The summed E-state index contributed by atoms with van der Waals surface area (Å²) < 4.78 is 0.706. The van der Waals surface area contributed by atoms with Crippen LogP contribution in [-0.2, 0) is 4.79 Å². The van der Waals surface area contributed by atoms with Crippen LogP contribution in [0.3, 0.4) is 0 Å². The van der Waals surface area contributed by atoms with Gasteiger partial charge in [-0.25, -0.2) is 0 Å². The predicted molar refractivity (Wildman–Crippen MR) is 37.2 cm³/mol. The smallest absolute Gasteiger partial charge is 0.189 e. The van der Waals surface area contributed by atoms with Gasteiger partial charge < -0.3 is 5.11 Å². The van der Waals surface area contributed by atoms with Crippen LogP contribution in [0.1, 0.15) is 0 Å². The van der Waals surface area contributed by atoms with Crippen molar-refractivity contribution in [1.82, 2.24) is 0 Å². The molecule has 3 heteroatoms. The molecule has 1 aliphatic carbocycles. The lowest BCUT2D eigenvalue weighted by molar-refractivity contribution is -0.120. The maximum absolute atomic E-state index is 10.6. The van der Waals surface area contributed by atoms with Gasteiger partial charge in [0.25, 0.3) is 0 Å². The van der Waals surface area contributed by atoms with Gasteiger partial charge in [-0.15, -0.1) is 0 Å². The van der Waals surface area contributed by atoms with Gasteiger partial charge in [0.2, 0.25) is 0 Å². The monoisotopic (exact) mass is 188 g/mol. The second-order valence-corrected chi connectivity index (χ2v) is 2.65. The highest BCUT2D eigenvalue weighted by Gasteiger charge is 2.11. The van der Waals surface area contributed by atoms with Crippen LogP contribution in [0.2, 0.25) is 0 Å². The van der Waals surface area contributed by atoms with Gasteiger partial charge in [0, 0.05) is 4.48 Å². The topological polar surface area (TPSA) is 37.3 Å². The summed E-state index contributed by atoms with van der Waals surface area (Å²) in [5.74, 6) is -0.274. The van der Waals surface area contributed by atoms with Crippen LogP contribution < -0.4 is 0 Å². The molecule has 1 rings (SSSR count). The van der Waals surface area contributed by atoms with E-state index in [9.17, 15) is 4.79 Å². The summed E-state index contributed by atoms with van der Waals surface area (Å²) in [7, 11) is 0. The van der Waals surface area contributed by atoms with Crippen molar-refractivity contribution in [3.63, 3.8) is 0 Å². The fourth-order valence-electron chi connectivity index (χ4n) is 0.547. The molecule has 0 unspecified atom stereocenters. The lowest BCUT2D eigenvalue weighted by Crippen LogP contribution is -2.17. The van der Waals surface area contributed by atoms with E-state index in [4.69, 9.17) is 5.11 Å². The van der Waals surface area contributed by atoms with Crippen molar-refractivity contribution in [3.05, 3.63) is 22.7 Å². The molecule has 0 aliphatic heterocycles. The molecule has 2 nitrogen and oxygen atoms in total. The Kier molecular flexibility index (Phi) is 1.83. The lowest BCUT2D eigenvalue weighted by Gasteiger charge is -2.04. The Morgan fingerprint density at radius 1 is 1.67 bits per heavy atom. The van der Waals surface area contributed by atoms with E-state index in [0.29, 0.717) is 4.48 Å². The van der Waals surface area contributed by atoms with E-state index in [1.165, 1.54) is 12.2 Å². The molecule has 1 aliphatic rings. The second-order valence-electron chi connectivity index (χ2n) is 1.74. The van der Waals surface area contributed by atoms with Crippen molar-refractivity contribution in [2.45, 2.75) is 6.10 Å². The third kappa shape index (κ3) is 1.50. The Hall–Kier alpha value is -0.410. The first-order chi connectivity index (χ1) is 4.20. The maximum Gasteiger partial charge on any atom is 0.189 e. The molecular weight excluding hydrogens is 184 g/mol. The van der Waals surface area contributed by atoms with Crippen LogP contribution >= 0.6 is 15.9 Å². The summed E-state index contributed by atoms with van der Waals surface area (Å²) in [6.07, 6.45) is 3.50. The molecule has 9 heavy (non-hydrogen) atoms. The lowest BCUT2D eigenvalue weighted by atomic mass is 10.1. The van der Waals surface area contributed by atoms with Crippen LogP contribution in [-0.4, -0.2) is 17.0 Å². The Balaban J connectivity index is 2.82. The molecule has 0 spiro atoms. The van der Waals surface area contributed by atoms with Gasteiger partial charge in [-0.3, -0.25) is 4.79 Å². The fraction of sp³-hybridized carbons (Fsp3) is 0.167. The molecule has 0 aromatic carbocycles. The molecule has 0 aromatic heterocycles. The number of hydrogen-bond donors (Lipinski definition) is 1. The molecule has 1 atom stereocenters. The van der Waals surface area contributed by atoms with Gasteiger partial charge in [0.15, 0.2) is 5.78 Å². The first kappa shape index (κ1) is 6.71. The van der Waals surface area contributed by atoms with E-state index in [-0.39, 0.29) is 5.78 Å². The molecule has 0 amide bonds. The average Bonchev–Trinajstić information content (AvgIpc) is 1.80. The van der Waals surface area contributed by atoms with Gasteiger partial charge in [0.1, 0.15) is 6.10 Å². The minimum absolute atomic E-state index is 0.274. The number of rotatable bonds is 0. The van der Waals surface area contributed by atoms with Crippen LogP contribution in [0.15, 0.2) is 22.7 Å². The van der Waals surface area contributed by atoms with Gasteiger partial charge >= 0.3 is 0 Å². The van der Waals surface area contributed by atoms with Gasteiger partial charge in [-0.05, 0) is 18.2 Å². The zero-order valence-corrected chi connectivity index (χ0v) is 6.13. The first-order valence-corrected chi connectivity index (χ1v) is 3.27. The molecule has 0 radical (unpaired) electrons. The molecule has 0 saturated heterocycles. The van der Waals surface area contributed by atoms with Crippen molar-refractivity contribution in [1.29, 1.82) is 0 Å². The number of hydrogen-bond acceptors (Lipinski definition) is 2. The number of carbonyl (C=O) groups excluding carboxylic acids is 1. The maximum atomic E-state index is 10.6. The standard InChI is InChI=1S/C6H5BrO2/c7-4-1-2-5(8)6(9)3-4/h1-3,5,8H/t5-/m0/s1. The Labute approximate surface area is 61.0 Å². The van der Waals surface area contributed by atoms with Gasteiger partial charge in [-0.1, -0.05) is 15.9 Å². The zero-order chi connectivity index (χ0) is 6.85. The molecule has 0 bridgehead atoms. The third-order valence-electron chi connectivity index (χ3n) is 1.01. The molecule has 0 heterocycles. The molecule has 1 N–H and O–H groups in total. The van der Waals surface area contributed by atoms with Crippen LogP contribution in [0.5, 0.6) is 0 Å². The largest absolute Gasteiger partial charge is 0.381 e. The Morgan fingerprint density at radius 3 is 2.78 bits per heavy atom. The highest BCUT2D eigenvalue weighted by Crippen LogP contribution is 2.12. The summed E-state index contributed by atoms with van der Waals surface area (Å²) in [5, 5.41) is 8.79. The van der Waals surface area contributed by atoms with Crippen molar-refractivity contribution in [2.24, 2.45) is 0 Å². The predicted octanol–water partition coefficient (Wildman–Crippen LogP) is 0.765. The fourth-order valence-corrected chi connectivity index (χ4v) is 0.926. The molecule has 0 fully saturated rings. The van der Waals surface area contributed by atoms with E-state index >= 15 is 0 Å². The highest BCUT2D eigenvalue weighted by molar-refractivity contribution is 9.11. The Morgan fingerprint density at radius 2 is 2.33 bits per heavy atom. The van der Waals surface area contributed by atoms with Crippen LogP contribution in [0.25, 0.3) is 0 Å². The number of ketones is 1. The van der Waals surface area contributed by atoms with Crippen molar-refractivity contribution in [3.8, 4) is 0 Å². The van der Waals surface area contributed by atoms with Crippen molar-refractivity contribution >= 4 is 21.7 Å². The van der Waals surface area contributed by atoms with Crippen LogP contribution in [0, 0.1) is 0 Å². The van der Waals surface area contributed by atoms with E-state index < -0.39 is 6.10 Å². The van der Waals surface area contributed by atoms with Crippen molar-refractivity contribution < 1.29 is 9.90 Å². The zero-order valence-electron chi connectivity index (χ0n) is 4.54. The van der Waals surface area contributed by atoms with Gasteiger partial charge in [-0.2, -0.15) is 0 Å². The number of aliphatic hydroxyl groups is 1. The van der Waals surface area contributed by atoms with Gasteiger partial charge in [0.05, 0.1) is 0 Å². The third-order valence-corrected chi connectivity index (χ3v) is 1.50. The number of halogens is 1. The SMILES string of the molecule is O=C1C=C(Br)C=C[C@@H]1O. The number of aliphatic hydroxyl groups excluding tert-OH is 1. The van der Waals surface area contributed by atoms with Crippen molar-refractivity contribution in [2.75, 3.05) is 0 Å². The summed E-state index contributed by atoms with van der Waals surface area (Å²) in [5.41, 5.74) is 0. The van der Waals surface area contributed by atoms with E-state index in [1.807, 2.05) is 0 Å². The summed E-state index contributed by atoms with van der Waals surface area (Å²) in [6, 6.07) is 0. The van der Waals surface area contributed by atoms with E-state index in [0.717, 1.165) is 0 Å². The summed E-state index contributed by atoms with van der Waals surface area (Å²) in [4.78, 5) is 10.6. The number of carbonyl (C=O) groups is 1. The second kappa shape index (κ2) is 2.45.